The SMILES string of the molecule is COCCO[C@H]1[C@H](NC(=O)C(C)C)c2ccccc2C12CCN(C(=O)c1cccs1)CC2. The van der Waals surface area contributed by atoms with Crippen LogP contribution in [-0.2, 0) is 19.7 Å². The number of likely N-dealkylation sites (tertiary alicyclic amines) is 1. The maximum Gasteiger partial charge on any atom is 0.263 e. The van der Waals surface area contributed by atoms with Gasteiger partial charge in [0.2, 0.25) is 5.91 Å². The fraction of sp³-hybridized carbons (Fsp3) is 0.520. The molecule has 2 aromatic rings. The smallest absolute Gasteiger partial charge is 0.263 e. The summed E-state index contributed by atoms with van der Waals surface area (Å²) in [7, 11) is 1.66. The van der Waals surface area contributed by atoms with Gasteiger partial charge in [-0.05, 0) is 35.4 Å². The number of methoxy groups -OCH3 is 1. The molecule has 1 aromatic heterocycles. The summed E-state index contributed by atoms with van der Waals surface area (Å²) in [5.74, 6) is 0.0127. The molecule has 1 saturated heterocycles. The van der Waals surface area contributed by atoms with Crippen molar-refractivity contribution in [1.82, 2.24) is 10.2 Å². The first-order valence-corrected chi connectivity index (χ1v) is 12.2. The minimum Gasteiger partial charge on any atom is -0.382 e. The predicted molar refractivity (Wildman–Crippen MR) is 125 cm³/mol. The number of thiophene rings is 1. The third-order valence-electron chi connectivity index (χ3n) is 6.76. The van der Waals surface area contributed by atoms with Gasteiger partial charge < -0.3 is 19.7 Å². The Kier molecular flexibility index (Phi) is 6.98. The first-order valence-electron chi connectivity index (χ1n) is 11.3. The number of amides is 2. The molecule has 0 radical (unpaired) electrons. The van der Waals surface area contributed by atoms with Crippen LogP contribution in [0.2, 0.25) is 0 Å². The average Bonchev–Trinajstić information content (AvgIpc) is 3.42. The molecule has 1 aliphatic carbocycles. The van der Waals surface area contributed by atoms with Gasteiger partial charge >= 0.3 is 0 Å². The number of carbonyl (C=O) groups is 2. The monoisotopic (exact) mass is 456 g/mol. The Hall–Kier alpha value is -2.22. The average molecular weight is 457 g/mol. The minimum atomic E-state index is -0.245. The second-order valence-electron chi connectivity index (χ2n) is 8.94. The molecule has 0 bridgehead atoms. The Morgan fingerprint density at radius 1 is 1.16 bits per heavy atom. The molecule has 172 valence electrons. The van der Waals surface area contributed by atoms with Crippen LogP contribution in [0, 0.1) is 5.92 Å². The third kappa shape index (κ3) is 4.21. The number of fused-ring (bicyclic) bond motifs is 2. The first-order chi connectivity index (χ1) is 15.5. The fourth-order valence-electron chi connectivity index (χ4n) is 5.06. The van der Waals surface area contributed by atoms with E-state index < -0.39 is 0 Å². The van der Waals surface area contributed by atoms with Crippen LogP contribution in [0.25, 0.3) is 0 Å². The molecule has 6 nitrogen and oxygen atoms in total. The summed E-state index contributed by atoms with van der Waals surface area (Å²) in [6.45, 7) is 6.10. The molecule has 2 atom stereocenters. The van der Waals surface area contributed by atoms with E-state index in [2.05, 4.69) is 23.5 Å². The Morgan fingerprint density at radius 3 is 2.56 bits per heavy atom. The van der Waals surface area contributed by atoms with E-state index in [0.717, 1.165) is 23.3 Å². The van der Waals surface area contributed by atoms with Gasteiger partial charge in [0.25, 0.3) is 5.91 Å². The van der Waals surface area contributed by atoms with Crippen molar-refractivity contribution < 1.29 is 19.1 Å². The summed E-state index contributed by atoms with van der Waals surface area (Å²) >= 11 is 1.48. The Balaban J connectivity index is 1.63. The topological polar surface area (TPSA) is 67.9 Å². The molecule has 0 saturated carbocycles. The van der Waals surface area contributed by atoms with Gasteiger partial charge in [-0.15, -0.1) is 11.3 Å². The summed E-state index contributed by atoms with van der Waals surface area (Å²) in [4.78, 5) is 28.3. The molecular formula is C25H32N2O4S. The molecule has 2 aliphatic rings. The van der Waals surface area contributed by atoms with E-state index in [1.54, 1.807) is 7.11 Å². The van der Waals surface area contributed by atoms with Gasteiger partial charge in [-0.2, -0.15) is 0 Å². The minimum absolute atomic E-state index is 0.0208. The van der Waals surface area contributed by atoms with Gasteiger partial charge in [0.05, 0.1) is 30.2 Å². The number of rotatable bonds is 7. The summed E-state index contributed by atoms with van der Waals surface area (Å²) in [5.41, 5.74) is 2.12. The number of hydrogen-bond donors (Lipinski definition) is 1. The van der Waals surface area contributed by atoms with E-state index in [1.807, 2.05) is 42.3 Å². The van der Waals surface area contributed by atoms with Crippen molar-refractivity contribution >= 4 is 23.2 Å². The summed E-state index contributed by atoms with van der Waals surface area (Å²) in [6.07, 6.45) is 1.40. The molecule has 1 aliphatic heterocycles. The second-order valence-corrected chi connectivity index (χ2v) is 9.89. The van der Waals surface area contributed by atoms with Gasteiger partial charge in [-0.25, -0.2) is 0 Å². The maximum absolute atomic E-state index is 12.9. The Labute approximate surface area is 193 Å². The van der Waals surface area contributed by atoms with Crippen LogP contribution in [0.4, 0.5) is 0 Å². The summed E-state index contributed by atoms with van der Waals surface area (Å²) in [6, 6.07) is 11.9. The standard InChI is InChI=1S/C25H32N2O4S/c1-17(2)23(28)26-21-18-7-4-5-8-19(18)25(22(21)31-15-14-30-3)10-12-27(13-11-25)24(29)20-9-6-16-32-20/h4-9,16-17,21-22H,10-15H2,1-3H3,(H,26,28)/t21-,22+/m1/s1. The molecule has 1 aromatic carbocycles. The van der Waals surface area contributed by atoms with Crippen molar-refractivity contribution in [2.24, 2.45) is 5.92 Å². The van der Waals surface area contributed by atoms with Crippen LogP contribution in [-0.4, -0.2) is 56.2 Å². The lowest BCUT2D eigenvalue weighted by Crippen LogP contribution is -2.52. The molecule has 1 fully saturated rings. The quantitative estimate of drug-likeness (QED) is 0.644. The number of nitrogens with zero attached hydrogens (tertiary/aromatic N) is 1. The number of benzene rings is 1. The van der Waals surface area contributed by atoms with Crippen molar-refractivity contribution in [3.05, 3.63) is 57.8 Å². The zero-order valence-corrected chi connectivity index (χ0v) is 19.8. The Bertz CT molecular complexity index is 935. The van der Waals surface area contributed by atoms with Gasteiger partial charge in [-0.3, -0.25) is 9.59 Å². The van der Waals surface area contributed by atoms with E-state index in [0.29, 0.717) is 26.3 Å². The normalized spacial score (nSPS) is 21.7. The lowest BCUT2D eigenvalue weighted by Gasteiger charge is -2.44. The van der Waals surface area contributed by atoms with Gasteiger partial charge in [0.1, 0.15) is 0 Å². The summed E-state index contributed by atoms with van der Waals surface area (Å²) < 4.78 is 11.7. The van der Waals surface area contributed by atoms with Gasteiger partial charge in [-0.1, -0.05) is 44.2 Å². The number of ether oxygens (including phenoxy) is 2. The fourth-order valence-corrected chi connectivity index (χ4v) is 5.75. The van der Waals surface area contributed by atoms with E-state index in [9.17, 15) is 9.59 Å². The van der Waals surface area contributed by atoms with Crippen molar-refractivity contribution in [2.45, 2.75) is 44.2 Å². The Morgan fingerprint density at radius 2 is 1.91 bits per heavy atom. The van der Waals surface area contributed by atoms with E-state index in [1.165, 1.54) is 16.9 Å². The van der Waals surface area contributed by atoms with Crippen LogP contribution >= 0.6 is 11.3 Å². The molecule has 7 heteroatoms. The first kappa shape index (κ1) is 23.0. The van der Waals surface area contributed by atoms with Crippen LogP contribution in [0.5, 0.6) is 0 Å². The number of nitrogens with one attached hydrogen (secondary N) is 1. The lowest BCUT2D eigenvalue weighted by atomic mass is 9.71. The van der Waals surface area contributed by atoms with Gasteiger partial charge in [0, 0.05) is 31.5 Å². The zero-order valence-electron chi connectivity index (χ0n) is 19.0. The van der Waals surface area contributed by atoms with Crippen LogP contribution in [0.15, 0.2) is 41.8 Å². The number of carbonyl (C=O) groups excluding carboxylic acids is 2. The summed E-state index contributed by atoms with van der Waals surface area (Å²) in [5, 5.41) is 5.19. The number of piperidine rings is 1. The van der Waals surface area contributed by atoms with E-state index >= 15 is 0 Å². The van der Waals surface area contributed by atoms with Crippen molar-refractivity contribution in [1.29, 1.82) is 0 Å². The van der Waals surface area contributed by atoms with E-state index in [-0.39, 0.29) is 35.3 Å². The third-order valence-corrected chi connectivity index (χ3v) is 7.62. The molecule has 1 spiro atoms. The van der Waals surface area contributed by atoms with Crippen molar-refractivity contribution in [3.8, 4) is 0 Å². The highest BCUT2D eigenvalue weighted by Gasteiger charge is 2.54. The van der Waals surface area contributed by atoms with Crippen LogP contribution in [0.3, 0.4) is 0 Å². The highest BCUT2D eigenvalue weighted by atomic mass is 32.1. The highest BCUT2D eigenvalue weighted by Crippen LogP contribution is 2.52. The largest absolute Gasteiger partial charge is 0.382 e. The number of hydrogen-bond acceptors (Lipinski definition) is 5. The highest BCUT2D eigenvalue weighted by molar-refractivity contribution is 7.12. The second kappa shape index (κ2) is 9.73. The molecule has 0 unspecified atom stereocenters. The van der Waals surface area contributed by atoms with Crippen molar-refractivity contribution in [3.63, 3.8) is 0 Å². The van der Waals surface area contributed by atoms with Gasteiger partial charge in [0.15, 0.2) is 0 Å². The molecule has 32 heavy (non-hydrogen) atoms. The maximum atomic E-state index is 12.9. The molecule has 2 heterocycles. The van der Waals surface area contributed by atoms with E-state index in [4.69, 9.17) is 9.47 Å². The van der Waals surface area contributed by atoms with Crippen molar-refractivity contribution in [2.75, 3.05) is 33.4 Å². The predicted octanol–water partition coefficient (Wildman–Crippen LogP) is 3.78. The molecule has 2 amide bonds. The molecule has 4 rings (SSSR count). The van der Waals surface area contributed by atoms with Crippen LogP contribution in [0.1, 0.15) is 53.5 Å². The molecular weight excluding hydrogens is 424 g/mol. The molecule has 1 N–H and O–H groups in total. The zero-order chi connectivity index (χ0) is 22.7. The lowest BCUT2D eigenvalue weighted by molar-refractivity contribution is -0.127. The van der Waals surface area contributed by atoms with Crippen LogP contribution < -0.4 is 5.32 Å².